The van der Waals surface area contributed by atoms with Gasteiger partial charge in [0.15, 0.2) is 0 Å². The maximum absolute atomic E-state index is 9.89. The Hall–Kier alpha value is -2.71. The first-order valence-electron chi connectivity index (χ1n) is 10.1. The average Bonchev–Trinajstić information content (AvgIpc) is 2.73. The summed E-state index contributed by atoms with van der Waals surface area (Å²) >= 11 is 12.5. The Kier molecular flexibility index (Phi) is 6.11. The van der Waals surface area contributed by atoms with Crippen LogP contribution in [0, 0.1) is 11.3 Å². The highest BCUT2D eigenvalue weighted by Crippen LogP contribution is 2.44. The molecule has 0 spiro atoms. The highest BCUT2D eigenvalue weighted by atomic mass is 35.5. The third-order valence-corrected chi connectivity index (χ3v) is 6.14. The lowest BCUT2D eigenvalue weighted by Gasteiger charge is -2.40. The Morgan fingerprint density at radius 2 is 1.84 bits per heavy atom. The van der Waals surface area contributed by atoms with Crippen LogP contribution in [-0.2, 0) is 4.74 Å². The number of nitrogens with two attached hydrogens (primary N) is 1. The summed E-state index contributed by atoms with van der Waals surface area (Å²) in [6.45, 7) is 5.71. The molecule has 158 valence electrons. The van der Waals surface area contributed by atoms with E-state index in [0.29, 0.717) is 34.7 Å². The van der Waals surface area contributed by atoms with Gasteiger partial charge in [0.25, 0.3) is 0 Å². The van der Waals surface area contributed by atoms with Gasteiger partial charge in [-0.25, -0.2) is 0 Å². The van der Waals surface area contributed by atoms with Crippen LogP contribution in [0.15, 0.2) is 76.9 Å². The zero-order chi connectivity index (χ0) is 22.1. The second kappa shape index (κ2) is 8.80. The molecule has 0 saturated heterocycles. The van der Waals surface area contributed by atoms with E-state index in [1.54, 1.807) is 0 Å². The fourth-order valence-corrected chi connectivity index (χ4v) is 4.52. The molecule has 0 bridgehead atoms. The zero-order valence-electron chi connectivity index (χ0n) is 17.4. The molecule has 2 N–H and O–H groups in total. The van der Waals surface area contributed by atoms with Crippen molar-refractivity contribution in [2.75, 3.05) is 13.1 Å². The zero-order valence-corrected chi connectivity index (χ0v) is 18.9. The number of nitriles is 1. The fourth-order valence-electron chi connectivity index (χ4n) is 4.13. The van der Waals surface area contributed by atoms with Crippen molar-refractivity contribution in [1.29, 1.82) is 5.26 Å². The molecule has 0 amide bonds. The van der Waals surface area contributed by atoms with Crippen LogP contribution in [0.3, 0.4) is 0 Å². The lowest BCUT2D eigenvalue weighted by molar-refractivity contribution is 0.208. The normalized spacial score (nSPS) is 20.6. The van der Waals surface area contributed by atoms with Crippen molar-refractivity contribution in [2.24, 2.45) is 5.73 Å². The monoisotopic (exact) mass is 451 g/mol. The largest absolute Gasteiger partial charge is 0.440 e. The molecule has 2 aliphatic rings. The van der Waals surface area contributed by atoms with Crippen LogP contribution in [0.25, 0.3) is 6.08 Å². The lowest BCUT2D eigenvalue weighted by Crippen LogP contribution is -2.41. The predicted octanol–water partition coefficient (Wildman–Crippen LogP) is 5.86. The first kappa shape index (κ1) is 21.5. The molecule has 0 unspecified atom stereocenters. The van der Waals surface area contributed by atoms with Gasteiger partial charge in [-0.3, -0.25) is 4.90 Å². The van der Waals surface area contributed by atoms with E-state index in [4.69, 9.17) is 33.7 Å². The van der Waals surface area contributed by atoms with Gasteiger partial charge in [0, 0.05) is 34.7 Å². The van der Waals surface area contributed by atoms with E-state index in [-0.39, 0.29) is 11.8 Å². The van der Waals surface area contributed by atoms with Crippen molar-refractivity contribution >= 4 is 29.3 Å². The van der Waals surface area contributed by atoms with Crippen LogP contribution in [0.4, 0.5) is 0 Å². The fraction of sp³-hybridized carbons (Fsp3) is 0.240. The van der Waals surface area contributed by atoms with E-state index in [1.165, 1.54) is 0 Å². The van der Waals surface area contributed by atoms with Crippen LogP contribution in [-0.4, -0.2) is 24.0 Å². The maximum atomic E-state index is 9.89. The number of hydrogen-bond acceptors (Lipinski definition) is 4. The smallest absolute Gasteiger partial charge is 0.205 e. The average molecular weight is 452 g/mol. The molecule has 0 fully saturated rings. The molecular weight excluding hydrogens is 429 g/mol. The molecule has 0 radical (unpaired) electrons. The summed E-state index contributed by atoms with van der Waals surface area (Å²) in [5.74, 6) is 0.566. The second-order valence-electron chi connectivity index (χ2n) is 8.06. The molecule has 2 aromatic rings. The van der Waals surface area contributed by atoms with Gasteiger partial charge in [-0.1, -0.05) is 47.5 Å². The third kappa shape index (κ3) is 4.36. The predicted molar refractivity (Wildman–Crippen MR) is 125 cm³/mol. The van der Waals surface area contributed by atoms with Gasteiger partial charge in [-0.05, 0) is 60.9 Å². The molecular formula is C25H23Cl2N3O. The molecule has 6 heteroatoms. The molecule has 0 saturated carbocycles. The molecule has 2 aromatic carbocycles. The molecule has 2 aliphatic heterocycles. The number of rotatable bonds is 3. The van der Waals surface area contributed by atoms with Crippen LogP contribution in [0.1, 0.15) is 30.9 Å². The SMILES string of the molecule is CC(C)N1CC2=C(OC(N)=C(C#N)[C@H]2c2cccc(Cl)c2)/C(=C/c2cccc(Cl)c2)C1. The molecule has 4 nitrogen and oxygen atoms in total. The van der Waals surface area contributed by atoms with E-state index in [1.807, 2.05) is 48.5 Å². The highest BCUT2D eigenvalue weighted by Gasteiger charge is 2.38. The molecule has 0 aliphatic carbocycles. The van der Waals surface area contributed by atoms with Gasteiger partial charge in [0.2, 0.25) is 5.88 Å². The quantitative estimate of drug-likeness (QED) is 0.634. The number of benzene rings is 2. The van der Waals surface area contributed by atoms with Crippen LogP contribution in [0.5, 0.6) is 0 Å². The molecule has 0 aromatic heterocycles. The topological polar surface area (TPSA) is 62.3 Å². The Labute approximate surface area is 192 Å². The number of ether oxygens (including phenoxy) is 1. The molecule has 1 atom stereocenters. The molecule has 2 heterocycles. The number of hydrogen-bond donors (Lipinski definition) is 1. The van der Waals surface area contributed by atoms with E-state index < -0.39 is 0 Å². The summed E-state index contributed by atoms with van der Waals surface area (Å²) in [6, 6.07) is 17.9. The second-order valence-corrected chi connectivity index (χ2v) is 8.93. The first-order chi connectivity index (χ1) is 14.9. The summed E-state index contributed by atoms with van der Waals surface area (Å²) in [5, 5.41) is 11.2. The summed E-state index contributed by atoms with van der Waals surface area (Å²) in [6.07, 6.45) is 2.08. The lowest BCUT2D eigenvalue weighted by atomic mass is 9.80. The van der Waals surface area contributed by atoms with Gasteiger partial charge < -0.3 is 10.5 Å². The van der Waals surface area contributed by atoms with E-state index in [0.717, 1.165) is 28.0 Å². The van der Waals surface area contributed by atoms with Crippen LogP contribution >= 0.6 is 23.2 Å². The van der Waals surface area contributed by atoms with Gasteiger partial charge in [0.05, 0.1) is 5.92 Å². The first-order valence-corrected chi connectivity index (χ1v) is 10.9. The minimum absolute atomic E-state index is 0.140. The van der Waals surface area contributed by atoms with E-state index in [9.17, 15) is 5.26 Å². The Bertz CT molecular complexity index is 1160. The summed E-state index contributed by atoms with van der Waals surface area (Å²) < 4.78 is 6.07. The van der Waals surface area contributed by atoms with Crippen molar-refractivity contribution < 1.29 is 4.74 Å². The van der Waals surface area contributed by atoms with E-state index in [2.05, 4.69) is 30.9 Å². The van der Waals surface area contributed by atoms with Crippen molar-refractivity contribution in [3.05, 3.63) is 98.1 Å². The van der Waals surface area contributed by atoms with Gasteiger partial charge >= 0.3 is 0 Å². The van der Waals surface area contributed by atoms with Crippen molar-refractivity contribution in [3.8, 4) is 6.07 Å². The van der Waals surface area contributed by atoms with Crippen molar-refractivity contribution in [1.82, 2.24) is 4.90 Å². The van der Waals surface area contributed by atoms with Gasteiger partial charge in [-0.2, -0.15) is 5.26 Å². The van der Waals surface area contributed by atoms with Crippen molar-refractivity contribution in [3.63, 3.8) is 0 Å². The number of allylic oxidation sites excluding steroid dienone is 1. The molecule has 4 rings (SSSR count). The molecule has 31 heavy (non-hydrogen) atoms. The number of nitrogens with zero attached hydrogens (tertiary/aromatic N) is 2. The Morgan fingerprint density at radius 3 is 2.48 bits per heavy atom. The Morgan fingerprint density at radius 1 is 1.13 bits per heavy atom. The Balaban J connectivity index is 1.90. The van der Waals surface area contributed by atoms with Crippen molar-refractivity contribution in [2.45, 2.75) is 25.8 Å². The summed E-state index contributed by atoms with van der Waals surface area (Å²) in [4.78, 5) is 2.35. The summed E-state index contributed by atoms with van der Waals surface area (Å²) in [5.41, 5.74) is 10.6. The maximum Gasteiger partial charge on any atom is 0.205 e. The standard InChI is InChI=1S/C25H23Cl2N3O/c1-15(2)30-13-18(9-16-5-3-7-19(26)10-16)24-22(14-30)23(21(12-28)25(29)31-24)17-6-4-8-20(27)11-17/h3-11,15,23H,13-14,29H2,1-2H3/b18-9+/t23-/m1/s1. The van der Waals surface area contributed by atoms with Gasteiger partial charge in [-0.15, -0.1) is 0 Å². The van der Waals surface area contributed by atoms with Gasteiger partial charge in [0.1, 0.15) is 17.4 Å². The minimum atomic E-state index is -0.309. The summed E-state index contributed by atoms with van der Waals surface area (Å²) in [7, 11) is 0. The minimum Gasteiger partial charge on any atom is -0.440 e. The van der Waals surface area contributed by atoms with Crippen LogP contribution < -0.4 is 5.73 Å². The third-order valence-electron chi connectivity index (χ3n) is 5.67. The number of halogens is 2. The van der Waals surface area contributed by atoms with E-state index >= 15 is 0 Å². The van der Waals surface area contributed by atoms with Crippen LogP contribution in [0.2, 0.25) is 10.0 Å². The highest BCUT2D eigenvalue weighted by molar-refractivity contribution is 6.31.